The van der Waals surface area contributed by atoms with Gasteiger partial charge in [0.15, 0.2) is 5.67 Å². The minimum absolute atomic E-state index is 0.0107. The van der Waals surface area contributed by atoms with Crippen LogP contribution in [-0.2, 0) is 4.79 Å². The zero-order valence-corrected chi connectivity index (χ0v) is 14.4. The van der Waals surface area contributed by atoms with Gasteiger partial charge < -0.3 is 19.7 Å². The second-order valence-corrected chi connectivity index (χ2v) is 6.42. The third-order valence-corrected chi connectivity index (χ3v) is 4.63. The molecule has 2 aliphatic rings. The monoisotopic (exact) mass is 351 g/mol. The number of nitrogens with one attached hydrogen (secondary N) is 1. The van der Waals surface area contributed by atoms with Crippen LogP contribution >= 0.6 is 0 Å². The maximum Gasteiger partial charge on any atom is 0.259 e. The summed E-state index contributed by atoms with van der Waals surface area (Å²) in [5.41, 5.74) is -1.61. The van der Waals surface area contributed by atoms with Crippen LogP contribution in [0.5, 0.6) is 11.8 Å². The standard InChI is InChI=1S/C17H22FN3O4/c1-24-13-6-5-12(14(20-13)25-2)15(22)21-9-7-17(18,8-10-21)16(23)19-11-3-4-11/h5-6,11H,3-4,7-10H2,1-2H3,(H,19,23). The summed E-state index contributed by atoms with van der Waals surface area (Å²) >= 11 is 0. The van der Waals surface area contributed by atoms with Crippen molar-refractivity contribution in [3.8, 4) is 11.8 Å². The van der Waals surface area contributed by atoms with E-state index in [0.29, 0.717) is 5.88 Å². The lowest BCUT2D eigenvalue weighted by atomic mass is 9.92. The molecular weight excluding hydrogens is 329 g/mol. The molecule has 7 nitrogen and oxygen atoms in total. The number of rotatable bonds is 5. The summed E-state index contributed by atoms with van der Waals surface area (Å²) in [5.74, 6) is -0.345. The Balaban J connectivity index is 1.66. The minimum Gasteiger partial charge on any atom is -0.481 e. The van der Waals surface area contributed by atoms with Crippen LogP contribution in [0.3, 0.4) is 0 Å². The van der Waals surface area contributed by atoms with Gasteiger partial charge in [-0.1, -0.05) is 0 Å². The van der Waals surface area contributed by atoms with Gasteiger partial charge in [-0.2, -0.15) is 4.98 Å². The fourth-order valence-electron chi connectivity index (χ4n) is 2.86. The Morgan fingerprint density at radius 3 is 2.48 bits per heavy atom. The molecule has 1 aliphatic heterocycles. The van der Waals surface area contributed by atoms with Gasteiger partial charge >= 0.3 is 0 Å². The Morgan fingerprint density at radius 1 is 1.24 bits per heavy atom. The number of piperidine rings is 1. The number of carbonyl (C=O) groups excluding carboxylic acids is 2. The second kappa shape index (κ2) is 6.85. The summed E-state index contributed by atoms with van der Waals surface area (Å²) in [6, 6.07) is 3.27. The number of likely N-dealkylation sites (tertiary alicyclic amines) is 1. The molecule has 2 amide bonds. The van der Waals surface area contributed by atoms with E-state index in [0.717, 1.165) is 12.8 Å². The van der Waals surface area contributed by atoms with Crippen LogP contribution in [0.15, 0.2) is 12.1 Å². The van der Waals surface area contributed by atoms with Crippen LogP contribution in [0.25, 0.3) is 0 Å². The fourth-order valence-corrected chi connectivity index (χ4v) is 2.86. The number of ether oxygens (including phenoxy) is 2. The molecule has 0 unspecified atom stereocenters. The molecule has 1 aromatic rings. The number of hydrogen-bond acceptors (Lipinski definition) is 5. The topological polar surface area (TPSA) is 80.8 Å². The zero-order valence-electron chi connectivity index (χ0n) is 14.4. The van der Waals surface area contributed by atoms with E-state index in [1.54, 1.807) is 12.1 Å². The molecule has 3 rings (SSSR count). The predicted molar refractivity (Wildman–Crippen MR) is 87.5 cm³/mol. The summed E-state index contributed by atoms with van der Waals surface area (Å²) in [4.78, 5) is 30.4. The van der Waals surface area contributed by atoms with E-state index in [2.05, 4.69) is 10.3 Å². The van der Waals surface area contributed by atoms with Gasteiger partial charge in [0.1, 0.15) is 5.56 Å². The number of nitrogens with zero attached hydrogens (tertiary/aromatic N) is 2. The van der Waals surface area contributed by atoms with E-state index in [1.165, 1.54) is 19.1 Å². The third kappa shape index (κ3) is 3.67. The lowest BCUT2D eigenvalue weighted by Gasteiger charge is -2.35. The number of halogens is 1. The molecule has 2 heterocycles. The molecular formula is C17H22FN3O4. The molecule has 1 aliphatic carbocycles. The first-order valence-corrected chi connectivity index (χ1v) is 8.35. The lowest BCUT2D eigenvalue weighted by Crippen LogP contribution is -2.52. The summed E-state index contributed by atoms with van der Waals surface area (Å²) in [5, 5.41) is 2.71. The van der Waals surface area contributed by atoms with Crippen LogP contribution in [0.1, 0.15) is 36.0 Å². The minimum atomic E-state index is -1.90. The number of amides is 2. The average Bonchev–Trinajstić information content (AvgIpc) is 3.45. The number of alkyl halides is 1. The van der Waals surface area contributed by atoms with E-state index in [-0.39, 0.29) is 49.3 Å². The van der Waals surface area contributed by atoms with Gasteiger partial charge in [-0.05, 0) is 18.9 Å². The highest BCUT2D eigenvalue weighted by Gasteiger charge is 2.44. The average molecular weight is 351 g/mol. The highest BCUT2D eigenvalue weighted by atomic mass is 19.1. The summed E-state index contributed by atoms with van der Waals surface area (Å²) < 4.78 is 25.0. The maximum absolute atomic E-state index is 14.8. The van der Waals surface area contributed by atoms with E-state index >= 15 is 0 Å². The van der Waals surface area contributed by atoms with Gasteiger partial charge in [-0.25, -0.2) is 4.39 Å². The van der Waals surface area contributed by atoms with Gasteiger partial charge in [0.25, 0.3) is 11.8 Å². The molecule has 0 bridgehead atoms. The first-order chi connectivity index (χ1) is 12.0. The van der Waals surface area contributed by atoms with E-state index < -0.39 is 11.6 Å². The van der Waals surface area contributed by atoms with Crippen LogP contribution in [0.2, 0.25) is 0 Å². The molecule has 1 N–H and O–H groups in total. The second-order valence-electron chi connectivity index (χ2n) is 6.42. The number of methoxy groups -OCH3 is 2. The fraction of sp³-hybridized carbons (Fsp3) is 0.588. The highest BCUT2D eigenvalue weighted by molar-refractivity contribution is 5.97. The van der Waals surface area contributed by atoms with Crippen molar-refractivity contribution < 1.29 is 23.5 Å². The van der Waals surface area contributed by atoms with Crippen molar-refractivity contribution in [2.45, 2.75) is 37.4 Å². The van der Waals surface area contributed by atoms with Gasteiger partial charge in [0.05, 0.1) is 14.2 Å². The van der Waals surface area contributed by atoms with Crippen LogP contribution in [0, 0.1) is 0 Å². The van der Waals surface area contributed by atoms with Gasteiger partial charge in [-0.15, -0.1) is 0 Å². The lowest BCUT2D eigenvalue weighted by molar-refractivity contribution is -0.135. The summed E-state index contributed by atoms with van der Waals surface area (Å²) in [7, 11) is 2.89. The molecule has 2 fully saturated rings. The molecule has 0 radical (unpaired) electrons. The third-order valence-electron chi connectivity index (χ3n) is 4.63. The first kappa shape index (κ1) is 17.4. The number of aromatic nitrogens is 1. The quantitative estimate of drug-likeness (QED) is 0.865. The Hall–Kier alpha value is -2.38. The highest BCUT2D eigenvalue weighted by Crippen LogP contribution is 2.30. The van der Waals surface area contributed by atoms with Gasteiger partial charge in [0, 0.05) is 38.0 Å². The van der Waals surface area contributed by atoms with Crippen molar-refractivity contribution in [3.05, 3.63) is 17.7 Å². The molecule has 1 saturated heterocycles. The molecule has 0 atom stereocenters. The molecule has 136 valence electrons. The molecule has 1 saturated carbocycles. The van der Waals surface area contributed by atoms with Crippen molar-refractivity contribution in [3.63, 3.8) is 0 Å². The van der Waals surface area contributed by atoms with Crippen molar-refractivity contribution in [1.82, 2.24) is 15.2 Å². The van der Waals surface area contributed by atoms with Crippen LogP contribution in [0.4, 0.5) is 4.39 Å². The molecule has 25 heavy (non-hydrogen) atoms. The van der Waals surface area contributed by atoms with Crippen molar-refractivity contribution in [2.75, 3.05) is 27.3 Å². The van der Waals surface area contributed by atoms with E-state index in [4.69, 9.17) is 9.47 Å². The normalized spacial score (nSPS) is 19.2. The Bertz CT molecular complexity index is 670. The summed E-state index contributed by atoms with van der Waals surface area (Å²) in [6.45, 7) is 0.338. The Morgan fingerprint density at radius 2 is 1.92 bits per heavy atom. The Kier molecular flexibility index (Phi) is 4.78. The van der Waals surface area contributed by atoms with Crippen LogP contribution < -0.4 is 14.8 Å². The van der Waals surface area contributed by atoms with E-state index in [1.807, 2.05) is 0 Å². The van der Waals surface area contributed by atoms with Crippen molar-refractivity contribution >= 4 is 11.8 Å². The van der Waals surface area contributed by atoms with Crippen molar-refractivity contribution in [2.24, 2.45) is 0 Å². The zero-order chi connectivity index (χ0) is 18.0. The van der Waals surface area contributed by atoms with Gasteiger partial charge in [0.2, 0.25) is 11.8 Å². The van der Waals surface area contributed by atoms with Crippen molar-refractivity contribution in [1.29, 1.82) is 0 Å². The largest absolute Gasteiger partial charge is 0.481 e. The first-order valence-electron chi connectivity index (χ1n) is 8.35. The number of carbonyl (C=O) groups is 2. The molecule has 1 aromatic heterocycles. The van der Waals surface area contributed by atoms with Gasteiger partial charge in [-0.3, -0.25) is 9.59 Å². The number of hydrogen-bond donors (Lipinski definition) is 1. The van der Waals surface area contributed by atoms with Crippen LogP contribution in [-0.4, -0.2) is 60.7 Å². The molecule has 8 heteroatoms. The SMILES string of the molecule is COc1ccc(C(=O)N2CCC(F)(C(=O)NC3CC3)CC2)c(OC)n1. The predicted octanol–water partition coefficient (Wildman–Crippen LogP) is 1.32. The maximum atomic E-state index is 14.8. The summed E-state index contributed by atoms with van der Waals surface area (Å²) in [6.07, 6.45) is 1.81. The molecule has 0 spiro atoms. The Labute approximate surface area is 145 Å². The smallest absolute Gasteiger partial charge is 0.259 e. The molecule has 0 aromatic carbocycles. The van der Waals surface area contributed by atoms with E-state index in [9.17, 15) is 14.0 Å². The number of pyridine rings is 1.